The summed E-state index contributed by atoms with van der Waals surface area (Å²) in [6.45, 7) is 0.261. The summed E-state index contributed by atoms with van der Waals surface area (Å²) in [4.78, 5) is 24.1. The predicted octanol–water partition coefficient (Wildman–Crippen LogP) is 1.35. The minimum Gasteiger partial charge on any atom is -0.549 e. The molecule has 0 fully saturated rings. The molecule has 2 unspecified atom stereocenters. The molecule has 10 heteroatoms. The van der Waals surface area contributed by atoms with E-state index in [1.807, 2.05) is 12.1 Å². The molecule has 0 spiro atoms. The molecule has 0 aliphatic carbocycles. The molecule has 1 amide bonds. The van der Waals surface area contributed by atoms with Crippen LogP contribution in [-0.4, -0.2) is 31.8 Å². The number of fused-ring (bicyclic) bond motifs is 1. The van der Waals surface area contributed by atoms with Gasteiger partial charge in [0.1, 0.15) is 23.5 Å². The van der Waals surface area contributed by atoms with Crippen LogP contribution in [0.3, 0.4) is 0 Å². The Morgan fingerprint density at radius 3 is 2.44 bits per heavy atom. The number of hydrogen-bond acceptors (Lipinski definition) is 6. The second kappa shape index (κ2) is 12.8. The summed E-state index contributed by atoms with van der Waals surface area (Å²) in [5, 5.41) is 15.1. The Bertz CT molecular complexity index is 1220. The maximum Gasteiger partial charge on any atom is 1.00 e. The van der Waals surface area contributed by atoms with Gasteiger partial charge in [-0.1, -0.05) is 35.3 Å². The summed E-state index contributed by atoms with van der Waals surface area (Å²) in [7, 11) is 1.53. The summed E-state index contributed by atoms with van der Waals surface area (Å²) in [6, 6.07) is 16.9. The number of aliphatic carboxylic acids is 1. The Labute approximate surface area is 240 Å². The van der Waals surface area contributed by atoms with E-state index in [4.69, 9.17) is 37.4 Å². The Morgan fingerprint density at radius 1 is 1.11 bits per heavy atom. The summed E-state index contributed by atoms with van der Waals surface area (Å²) in [6.07, 6.45) is 0.288. The molecule has 182 valence electrons. The molecular weight excluding hydrogens is 516 g/mol. The monoisotopic (exact) mass is 537 g/mol. The van der Waals surface area contributed by atoms with Gasteiger partial charge in [-0.3, -0.25) is 4.79 Å². The van der Waals surface area contributed by atoms with E-state index in [-0.39, 0.29) is 47.1 Å². The van der Waals surface area contributed by atoms with Crippen molar-refractivity contribution in [1.82, 2.24) is 5.32 Å². The molecule has 3 aromatic carbocycles. The van der Waals surface area contributed by atoms with Gasteiger partial charge in [0.25, 0.3) is 5.91 Å². The fourth-order valence-corrected chi connectivity index (χ4v) is 4.11. The molecule has 1 N–H and O–H groups in total. The van der Waals surface area contributed by atoms with Crippen LogP contribution in [0.4, 0.5) is 0 Å². The Hall–Kier alpha value is -2.26. The molecule has 0 bridgehead atoms. The Kier molecular flexibility index (Phi) is 10.1. The normalized spacial score (nSPS) is 15.0. The zero-order chi connectivity index (χ0) is 24.9. The number of carbonyl (C=O) groups is 2. The van der Waals surface area contributed by atoms with Crippen molar-refractivity contribution in [2.75, 3.05) is 13.7 Å². The van der Waals surface area contributed by atoms with E-state index in [1.54, 1.807) is 42.5 Å². The first-order valence-electron chi connectivity index (χ1n) is 10.9. The number of ether oxygens (including phenoxy) is 3. The number of carboxylic acids is 1. The number of carboxylic acid groups (broad SMARTS) is 1. The first-order valence-corrected chi connectivity index (χ1v) is 11.6. The van der Waals surface area contributed by atoms with Crippen LogP contribution in [-0.2, 0) is 16.0 Å². The molecule has 36 heavy (non-hydrogen) atoms. The molecule has 1 heterocycles. The van der Waals surface area contributed by atoms with E-state index in [0.717, 1.165) is 5.56 Å². The maximum atomic E-state index is 12.7. The minimum atomic E-state index is -1.17. The van der Waals surface area contributed by atoms with Crippen molar-refractivity contribution in [2.24, 2.45) is 0 Å². The van der Waals surface area contributed by atoms with Crippen molar-refractivity contribution in [3.05, 3.63) is 87.4 Å². The van der Waals surface area contributed by atoms with Crippen LogP contribution >= 0.6 is 23.2 Å². The average molecular weight is 538 g/mol. The fraction of sp³-hybridized carbons (Fsp3) is 0.231. The summed E-state index contributed by atoms with van der Waals surface area (Å²) >= 11 is 12.3. The van der Waals surface area contributed by atoms with Gasteiger partial charge in [0.2, 0.25) is 0 Å². The Morgan fingerprint density at radius 2 is 1.81 bits per heavy atom. The molecule has 4 rings (SSSR count). The number of benzene rings is 3. The van der Waals surface area contributed by atoms with Crippen molar-refractivity contribution < 1.29 is 58.5 Å². The predicted molar refractivity (Wildman–Crippen MR) is 129 cm³/mol. The standard InChI is InChI=1S/C26H23Cl2NO6.Na/c1-33-24(12-15-2-6-17(27)7-3-15)29-25(30)16-4-8-18(9-5-16)35-23-14-22-20(13-21(23)28)19(26(31)32)10-11-34-22;/h2-9,13-14,19,24H,10-12H2,1H3,(H,29,30)(H,31,32);/q;+1/p-1. The zero-order valence-electron chi connectivity index (χ0n) is 19.8. The van der Waals surface area contributed by atoms with Crippen molar-refractivity contribution in [1.29, 1.82) is 0 Å². The third-order valence-electron chi connectivity index (χ3n) is 5.64. The zero-order valence-corrected chi connectivity index (χ0v) is 23.3. The number of methoxy groups -OCH3 is 1. The van der Waals surface area contributed by atoms with Crippen LogP contribution in [0.15, 0.2) is 60.7 Å². The number of rotatable bonds is 8. The van der Waals surface area contributed by atoms with Crippen LogP contribution in [0.2, 0.25) is 10.0 Å². The van der Waals surface area contributed by atoms with E-state index in [1.165, 1.54) is 13.2 Å². The number of nitrogens with one attached hydrogen (secondary N) is 1. The molecule has 3 aromatic rings. The van der Waals surface area contributed by atoms with Crippen LogP contribution in [0.25, 0.3) is 0 Å². The summed E-state index contributed by atoms with van der Waals surface area (Å²) < 4.78 is 16.8. The van der Waals surface area contributed by atoms with Gasteiger partial charge in [-0.2, -0.15) is 0 Å². The molecule has 7 nitrogen and oxygen atoms in total. The van der Waals surface area contributed by atoms with E-state index < -0.39 is 18.1 Å². The van der Waals surface area contributed by atoms with Crippen molar-refractivity contribution in [3.63, 3.8) is 0 Å². The van der Waals surface area contributed by atoms with Crippen LogP contribution < -0.4 is 49.5 Å². The van der Waals surface area contributed by atoms with Gasteiger partial charge in [0.15, 0.2) is 0 Å². The van der Waals surface area contributed by atoms with Crippen LogP contribution in [0.1, 0.15) is 33.8 Å². The Balaban J connectivity index is 0.00000361. The molecule has 1 aliphatic heterocycles. The van der Waals surface area contributed by atoms with Gasteiger partial charge in [-0.25, -0.2) is 0 Å². The molecule has 0 radical (unpaired) electrons. The van der Waals surface area contributed by atoms with Gasteiger partial charge in [-0.05, 0) is 54.4 Å². The molecule has 2 atom stereocenters. The van der Waals surface area contributed by atoms with Crippen molar-refractivity contribution >= 4 is 35.1 Å². The molecule has 0 saturated carbocycles. The smallest absolute Gasteiger partial charge is 0.549 e. The number of halogens is 2. The third-order valence-corrected chi connectivity index (χ3v) is 6.19. The molecule has 0 saturated heterocycles. The van der Waals surface area contributed by atoms with Crippen LogP contribution in [0.5, 0.6) is 17.2 Å². The van der Waals surface area contributed by atoms with Crippen molar-refractivity contribution in [3.8, 4) is 17.2 Å². The third kappa shape index (κ3) is 6.94. The topological polar surface area (TPSA) is 96.9 Å². The largest absolute Gasteiger partial charge is 1.00 e. The van der Waals surface area contributed by atoms with Crippen LogP contribution in [0, 0.1) is 0 Å². The second-order valence-electron chi connectivity index (χ2n) is 7.98. The molecule has 1 aliphatic rings. The van der Waals surface area contributed by atoms with Gasteiger partial charge < -0.3 is 29.4 Å². The SMILES string of the molecule is COC(Cc1ccc(Cl)cc1)NC(=O)c1ccc(Oc2cc3c(cc2Cl)C(C(=O)[O-])CCO3)cc1.[Na+]. The average Bonchev–Trinajstić information content (AvgIpc) is 2.85. The van der Waals surface area contributed by atoms with E-state index in [9.17, 15) is 14.7 Å². The number of hydrogen-bond donors (Lipinski definition) is 1. The first kappa shape index (κ1) is 28.3. The number of amides is 1. The fourth-order valence-electron chi connectivity index (χ4n) is 3.77. The molecular formula is C26H22Cl2NNaO6. The maximum absolute atomic E-state index is 12.7. The number of carbonyl (C=O) groups excluding carboxylic acids is 2. The van der Waals surface area contributed by atoms with E-state index >= 15 is 0 Å². The quantitative estimate of drug-likeness (QED) is 0.344. The van der Waals surface area contributed by atoms with Gasteiger partial charge in [0, 0.05) is 47.6 Å². The summed E-state index contributed by atoms with van der Waals surface area (Å²) in [5.41, 5.74) is 1.86. The first-order chi connectivity index (χ1) is 16.8. The minimum absolute atomic E-state index is 0. The van der Waals surface area contributed by atoms with Gasteiger partial charge in [0.05, 0.1) is 11.6 Å². The molecule has 0 aromatic heterocycles. The second-order valence-corrected chi connectivity index (χ2v) is 8.83. The van der Waals surface area contributed by atoms with E-state index in [2.05, 4.69) is 5.32 Å². The van der Waals surface area contributed by atoms with Gasteiger partial charge >= 0.3 is 29.6 Å². The van der Waals surface area contributed by atoms with Crippen molar-refractivity contribution in [2.45, 2.75) is 25.0 Å². The summed E-state index contributed by atoms with van der Waals surface area (Å²) in [5.74, 6) is -1.10. The van der Waals surface area contributed by atoms with E-state index in [0.29, 0.717) is 46.2 Å². The van der Waals surface area contributed by atoms with Gasteiger partial charge in [-0.15, -0.1) is 0 Å².